The molecule has 0 aliphatic rings. The molecule has 0 aliphatic carbocycles. The summed E-state index contributed by atoms with van der Waals surface area (Å²) in [5, 5.41) is 11.9. The predicted octanol–water partition coefficient (Wildman–Crippen LogP) is 2.26. The van der Waals surface area contributed by atoms with Gasteiger partial charge in [0.05, 0.1) is 11.0 Å². The standard InChI is InChI=1S/C12H19NO2S/c1-8-7-11(16-10(8)3)12(15)13-6-4-5-9(2)14/h7,9,14H,4-6H2,1-3H3,(H,13,15). The van der Waals surface area contributed by atoms with Gasteiger partial charge in [0, 0.05) is 11.4 Å². The summed E-state index contributed by atoms with van der Waals surface area (Å²) in [5.41, 5.74) is 1.17. The summed E-state index contributed by atoms with van der Waals surface area (Å²) >= 11 is 1.53. The molecule has 0 aliphatic heterocycles. The first-order valence-electron chi connectivity index (χ1n) is 5.54. The van der Waals surface area contributed by atoms with Crippen LogP contribution < -0.4 is 5.32 Å². The highest BCUT2D eigenvalue weighted by Crippen LogP contribution is 2.20. The predicted molar refractivity (Wildman–Crippen MR) is 67.0 cm³/mol. The lowest BCUT2D eigenvalue weighted by Crippen LogP contribution is -2.24. The molecule has 1 amide bonds. The van der Waals surface area contributed by atoms with Gasteiger partial charge in [-0.05, 0) is 45.2 Å². The fourth-order valence-corrected chi connectivity index (χ4v) is 2.32. The zero-order valence-corrected chi connectivity index (χ0v) is 10.9. The fourth-order valence-electron chi connectivity index (χ4n) is 1.37. The smallest absolute Gasteiger partial charge is 0.261 e. The van der Waals surface area contributed by atoms with Crippen molar-refractivity contribution in [1.29, 1.82) is 0 Å². The molecular weight excluding hydrogens is 222 g/mol. The molecule has 16 heavy (non-hydrogen) atoms. The van der Waals surface area contributed by atoms with Gasteiger partial charge in [0.25, 0.3) is 5.91 Å². The second kappa shape index (κ2) is 6.01. The minimum atomic E-state index is -0.289. The summed E-state index contributed by atoms with van der Waals surface area (Å²) in [5.74, 6) is -0.00760. The molecule has 0 fully saturated rings. The van der Waals surface area contributed by atoms with Crippen LogP contribution in [0.4, 0.5) is 0 Å². The summed E-state index contributed by atoms with van der Waals surface area (Å²) in [4.78, 5) is 13.7. The number of nitrogens with one attached hydrogen (secondary N) is 1. The van der Waals surface area contributed by atoms with Gasteiger partial charge in [-0.1, -0.05) is 0 Å². The average molecular weight is 241 g/mol. The Balaban J connectivity index is 2.35. The summed E-state index contributed by atoms with van der Waals surface area (Å²) < 4.78 is 0. The van der Waals surface area contributed by atoms with E-state index < -0.39 is 0 Å². The van der Waals surface area contributed by atoms with Crippen LogP contribution in [0.2, 0.25) is 0 Å². The van der Waals surface area contributed by atoms with Crippen LogP contribution >= 0.6 is 11.3 Å². The first-order valence-corrected chi connectivity index (χ1v) is 6.35. The van der Waals surface area contributed by atoms with Crippen molar-refractivity contribution >= 4 is 17.2 Å². The number of carbonyl (C=O) groups excluding carboxylic acids is 1. The molecule has 0 spiro atoms. The van der Waals surface area contributed by atoms with E-state index in [4.69, 9.17) is 5.11 Å². The molecular formula is C12H19NO2S. The summed E-state index contributed by atoms with van der Waals surface area (Å²) in [6.07, 6.45) is 1.25. The van der Waals surface area contributed by atoms with Crippen molar-refractivity contribution in [2.45, 2.75) is 39.7 Å². The molecule has 0 radical (unpaired) electrons. The largest absolute Gasteiger partial charge is 0.393 e. The van der Waals surface area contributed by atoms with Gasteiger partial charge in [-0.25, -0.2) is 0 Å². The number of rotatable bonds is 5. The maximum Gasteiger partial charge on any atom is 0.261 e. The second-order valence-electron chi connectivity index (χ2n) is 4.10. The van der Waals surface area contributed by atoms with Crippen molar-refractivity contribution in [3.63, 3.8) is 0 Å². The fraction of sp³-hybridized carbons (Fsp3) is 0.583. The SMILES string of the molecule is Cc1cc(C(=O)NCCCC(C)O)sc1C. The van der Waals surface area contributed by atoms with Crippen molar-refractivity contribution < 1.29 is 9.90 Å². The number of aliphatic hydroxyl groups excluding tert-OH is 1. The average Bonchev–Trinajstić information content (AvgIpc) is 2.54. The lowest BCUT2D eigenvalue weighted by Gasteiger charge is -2.05. The van der Waals surface area contributed by atoms with Crippen LogP contribution in [-0.4, -0.2) is 23.7 Å². The molecule has 0 bridgehead atoms. The first-order chi connectivity index (χ1) is 7.50. The van der Waals surface area contributed by atoms with Crippen LogP contribution in [0.15, 0.2) is 6.07 Å². The molecule has 1 aromatic rings. The van der Waals surface area contributed by atoms with Crippen molar-refractivity contribution in [2.24, 2.45) is 0 Å². The van der Waals surface area contributed by atoms with Crippen LogP contribution in [0.3, 0.4) is 0 Å². The van der Waals surface area contributed by atoms with E-state index in [2.05, 4.69) is 5.32 Å². The summed E-state index contributed by atoms with van der Waals surface area (Å²) in [6.45, 7) is 6.41. The Morgan fingerprint density at radius 3 is 2.75 bits per heavy atom. The van der Waals surface area contributed by atoms with E-state index in [1.807, 2.05) is 19.9 Å². The van der Waals surface area contributed by atoms with E-state index in [-0.39, 0.29) is 12.0 Å². The number of hydrogen-bond acceptors (Lipinski definition) is 3. The third kappa shape index (κ3) is 3.94. The van der Waals surface area contributed by atoms with E-state index in [1.165, 1.54) is 21.8 Å². The van der Waals surface area contributed by atoms with Crippen molar-refractivity contribution in [1.82, 2.24) is 5.32 Å². The Morgan fingerprint density at radius 2 is 2.25 bits per heavy atom. The molecule has 90 valence electrons. The van der Waals surface area contributed by atoms with Crippen LogP contribution in [0.25, 0.3) is 0 Å². The maximum atomic E-state index is 11.7. The number of aliphatic hydroxyl groups is 1. The van der Waals surface area contributed by atoms with E-state index in [9.17, 15) is 4.79 Å². The van der Waals surface area contributed by atoms with Gasteiger partial charge in [0.15, 0.2) is 0 Å². The van der Waals surface area contributed by atoms with Gasteiger partial charge in [-0.3, -0.25) is 4.79 Å². The highest BCUT2D eigenvalue weighted by atomic mass is 32.1. The monoisotopic (exact) mass is 241 g/mol. The molecule has 0 saturated heterocycles. The zero-order chi connectivity index (χ0) is 12.1. The molecule has 0 aromatic carbocycles. The summed E-state index contributed by atoms with van der Waals surface area (Å²) in [7, 11) is 0. The van der Waals surface area contributed by atoms with E-state index in [1.54, 1.807) is 6.92 Å². The molecule has 4 heteroatoms. The minimum absolute atomic E-state index is 0.00760. The van der Waals surface area contributed by atoms with Gasteiger partial charge in [0.1, 0.15) is 0 Å². The first kappa shape index (κ1) is 13.2. The Morgan fingerprint density at radius 1 is 1.56 bits per heavy atom. The van der Waals surface area contributed by atoms with Crippen molar-refractivity contribution in [3.05, 3.63) is 21.4 Å². The Hall–Kier alpha value is -0.870. The minimum Gasteiger partial charge on any atom is -0.393 e. The third-order valence-corrected chi connectivity index (χ3v) is 3.63. The van der Waals surface area contributed by atoms with Crippen molar-refractivity contribution in [2.75, 3.05) is 6.54 Å². The van der Waals surface area contributed by atoms with E-state index >= 15 is 0 Å². The van der Waals surface area contributed by atoms with Gasteiger partial charge in [-0.15, -0.1) is 11.3 Å². The van der Waals surface area contributed by atoms with Crippen LogP contribution in [0.5, 0.6) is 0 Å². The lowest BCUT2D eigenvalue weighted by atomic mass is 10.2. The van der Waals surface area contributed by atoms with Crippen LogP contribution in [-0.2, 0) is 0 Å². The molecule has 1 heterocycles. The van der Waals surface area contributed by atoms with Crippen molar-refractivity contribution in [3.8, 4) is 0 Å². The Kier molecular flexibility index (Phi) is 4.96. The zero-order valence-electron chi connectivity index (χ0n) is 10.0. The normalized spacial score (nSPS) is 12.5. The number of thiophene rings is 1. The van der Waals surface area contributed by atoms with Crippen LogP contribution in [0.1, 0.15) is 39.9 Å². The van der Waals surface area contributed by atoms with E-state index in [0.29, 0.717) is 6.54 Å². The number of aryl methyl sites for hydroxylation is 2. The number of hydrogen-bond donors (Lipinski definition) is 2. The van der Waals surface area contributed by atoms with Gasteiger partial charge in [0.2, 0.25) is 0 Å². The third-order valence-electron chi connectivity index (χ3n) is 2.47. The Bertz CT molecular complexity index is 338. The molecule has 3 nitrogen and oxygen atoms in total. The highest BCUT2D eigenvalue weighted by molar-refractivity contribution is 7.14. The number of amides is 1. The van der Waals surface area contributed by atoms with Crippen LogP contribution in [0, 0.1) is 13.8 Å². The highest BCUT2D eigenvalue weighted by Gasteiger charge is 2.09. The second-order valence-corrected chi connectivity index (χ2v) is 5.35. The van der Waals surface area contributed by atoms with Gasteiger partial charge in [-0.2, -0.15) is 0 Å². The Labute approximate surface area is 100 Å². The molecule has 2 N–H and O–H groups in total. The summed E-state index contributed by atoms with van der Waals surface area (Å²) in [6, 6.07) is 1.92. The molecule has 1 atom stereocenters. The number of carbonyl (C=O) groups is 1. The molecule has 1 unspecified atom stereocenters. The molecule has 1 rings (SSSR count). The maximum absolute atomic E-state index is 11.7. The molecule has 1 aromatic heterocycles. The molecule has 0 saturated carbocycles. The van der Waals surface area contributed by atoms with Gasteiger partial charge >= 0.3 is 0 Å². The lowest BCUT2D eigenvalue weighted by molar-refractivity contribution is 0.0953. The quantitative estimate of drug-likeness (QED) is 0.777. The van der Waals surface area contributed by atoms with Gasteiger partial charge < -0.3 is 10.4 Å². The van der Waals surface area contributed by atoms with E-state index in [0.717, 1.165) is 17.7 Å². The topological polar surface area (TPSA) is 49.3 Å².